The van der Waals surface area contributed by atoms with Crippen LogP contribution in [0.2, 0.25) is 10.0 Å². The summed E-state index contributed by atoms with van der Waals surface area (Å²) in [5.41, 5.74) is -0.0985. The van der Waals surface area contributed by atoms with Gasteiger partial charge in [-0.25, -0.2) is 9.48 Å². The third-order valence-electron chi connectivity index (χ3n) is 4.61. The Balaban J connectivity index is 1.71. The van der Waals surface area contributed by atoms with Gasteiger partial charge in [0, 0.05) is 10.6 Å². The maximum absolute atomic E-state index is 12.9. The Kier molecular flexibility index (Phi) is 6.28. The zero-order valence-electron chi connectivity index (χ0n) is 16.5. The van der Waals surface area contributed by atoms with Gasteiger partial charge in [-0.05, 0) is 36.4 Å². The van der Waals surface area contributed by atoms with E-state index in [4.69, 9.17) is 27.6 Å². The largest absolute Gasteiger partial charge is 0.419 e. The van der Waals surface area contributed by atoms with Crippen molar-refractivity contribution in [3.8, 4) is 22.8 Å². The molecule has 33 heavy (non-hydrogen) atoms. The van der Waals surface area contributed by atoms with Gasteiger partial charge in [0.1, 0.15) is 6.54 Å². The lowest BCUT2D eigenvalue weighted by molar-refractivity contribution is -0.207. The van der Waals surface area contributed by atoms with Crippen LogP contribution in [0.25, 0.3) is 22.8 Å². The number of halogens is 5. The highest BCUT2D eigenvalue weighted by Gasteiger charge is 2.39. The van der Waals surface area contributed by atoms with Gasteiger partial charge in [-0.15, -0.1) is 15.3 Å². The van der Waals surface area contributed by atoms with Gasteiger partial charge in [-0.2, -0.15) is 13.2 Å². The van der Waals surface area contributed by atoms with Gasteiger partial charge < -0.3 is 9.52 Å². The highest BCUT2D eigenvalue weighted by Crippen LogP contribution is 2.27. The molecule has 0 spiro atoms. The molecule has 0 saturated carbocycles. The van der Waals surface area contributed by atoms with Crippen LogP contribution in [0.3, 0.4) is 0 Å². The van der Waals surface area contributed by atoms with E-state index >= 15 is 0 Å². The van der Waals surface area contributed by atoms with Crippen molar-refractivity contribution >= 4 is 23.2 Å². The second-order valence-corrected chi connectivity index (χ2v) is 7.76. The highest BCUT2D eigenvalue weighted by molar-refractivity contribution is 6.33. The number of hydrogen-bond donors (Lipinski definition) is 1. The molecule has 0 unspecified atom stereocenters. The highest BCUT2D eigenvalue weighted by atomic mass is 35.5. The molecule has 8 nitrogen and oxygen atoms in total. The van der Waals surface area contributed by atoms with Crippen LogP contribution in [-0.4, -0.2) is 41.9 Å². The van der Waals surface area contributed by atoms with E-state index in [-0.39, 0.29) is 24.2 Å². The molecule has 4 rings (SSSR count). The maximum atomic E-state index is 12.9. The average Bonchev–Trinajstić information content (AvgIpc) is 3.34. The van der Waals surface area contributed by atoms with E-state index in [9.17, 15) is 23.1 Å². The summed E-state index contributed by atoms with van der Waals surface area (Å²) in [5, 5.41) is 22.2. The Morgan fingerprint density at radius 1 is 1.06 bits per heavy atom. The second-order valence-electron chi connectivity index (χ2n) is 6.92. The first-order valence-corrected chi connectivity index (χ1v) is 10.1. The quantitative estimate of drug-likeness (QED) is 0.429. The minimum atomic E-state index is -4.92. The second kappa shape index (κ2) is 9.00. The number of benzene rings is 2. The van der Waals surface area contributed by atoms with Crippen molar-refractivity contribution in [2.45, 2.75) is 25.4 Å². The molecule has 2 aromatic heterocycles. The summed E-state index contributed by atoms with van der Waals surface area (Å²) in [6.07, 6.45) is -7.69. The van der Waals surface area contributed by atoms with E-state index in [1.54, 1.807) is 24.3 Å². The van der Waals surface area contributed by atoms with Gasteiger partial charge in [0.05, 0.1) is 17.1 Å². The van der Waals surface area contributed by atoms with E-state index in [1.165, 1.54) is 24.3 Å². The molecule has 0 aliphatic heterocycles. The van der Waals surface area contributed by atoms with E-state index in [2.05, 4.69) is 15.3 Å². The zero-order valence-corrected chi connectivity index (χ0v) is 18.0. The average molecular weight is 500 g/mol. The number of nitrogens with zero attached hydrogens (tertiary/aromatic N) is 5. The fraction of sp³-hybridized carbons (Fsp3) is 0.200. The maximum Gasteiger partial charge on any atom is 0.416 e. The van der Waals surface area contributed by atoms with E-state index in [0.717, 1.165) is 9.25 Å². The Hall–Kier alpha value is -3.15. The summed E-state index contributed by atoms with van der Waals surface area (Å²) in [7, 11) is 0. The predicted molar refractivity (Wildman–Crippen MR) is 113 cm³/mol. The molecule has 0 saturated heterocycles. The molecule has 0 aliphatic carbocycles. The number of aliphatic hydroxyl groups excluding tert-OH is 1. The van der Waals surface area contributed by atoms with Gasteiger partial charge in [0.15, 0.2) is 11.9 Å². The minimum absolute atomic E-state index is 0.0179. The number of hydrogen-bond acceptors (Lipinski definition) is 6. The van der Waals surface area contributed by atoms with Crippen molar-refractivity contribution in [1.82, 2.24) is 24.5 Å². The minimum Gasteiger partial charge on any atom is -0.419 e. The van der Waals surface area contributed by atoms with Crippen molar-refractivity contribution in [3.05, 3.63) is 75.0 Å². The first-order valence-electron chi connectivity index (χ1n) is 9.39. The fourth-order valence-corrected chi connectivity index (χ4v) is 3.33. The lowest BCUT2D eigenvalue weighted by atomic mass is 10.2. The van der Waals surface area contributed by atoms with Gasteiger partial charge in [-0.1, -0.05) is 35.3 Å². The molecule has 13 heteroatoms. The number of aromatic nitrogens is 5. The van der Waals surface area contributed by atoms with E-state index in [1.807, 2.05) is 0 Å². The van der Waals surface area contributed by atoms with Crippen LogP contribution in [0.4, 0.5) is 13.2 Å². The Bertz CT molecular complexity index is 1330. The Labute approximate surface area is 193 Å². The van der Waals surface area contributed by atoms with Crippen molar-refractivity contribution in [1.29, 1.82) is 0 Å². The molecule has 0 aliphatic rings. The van der Waals surface area contributed by atoms with E-state index < -0.39 is 24.5 Å². The van der Waals surface area contributed by atoms with Crippen molar-refractivity contribution < 1.29 is 22.7 Å². The Morgan fingerprint density at radius 3 is 2.42 bits per heavy atom. The fourth-order valence-electron chi connectivity index (χ4n) is 2.99. The first kappa shape index (κ1) is 23.0. The zero-order chi connectivity index (χ0) is 23.8. The van der Waals surface area contributed by atoms with Gasteiger partial charge in [0.25, 0.3) is 0 Å². The SMILES string of the molecule is O=c1n(Cc2nnc(-c3ccccc3Cl)o2)nc(-c2ccc(Cl)cc2)n1C[C@H](O)C(F)(F)F. The molecular formula is C20H14Cl2F3N5O3. The normalized spacial score (nSPS) is 12.8. The molecule has 1 N–H and O–H groups in total. The molecule has 4 aromatic rings. The summed E-state index contributed by atoms with van der Waals surface area (Å²) in [6, 6.07) is 12.7. The molecule has 2 heterocycles. The molecule has 0 radical (unpaired) electrons. The lowest BCUT2D eigenvalue weighted by Crippen LogP contribution is -2.37. The van der Waals surface area contributed by atoms with Crippen LogP contribution in [0.15, 0.2) is 57.7 Å². The van der Waals surface area contributed by atoms with Gasteiger partial charge in [0.2, 0.25) is 11.8 Å². The summed E-state index contributed by atoms with van der Waals surface area (Å²) in [6.45, 7) is -1.36. The van der Waals surface area contributed by atoms with Crippen LogP contribution >= 0.6 is 23.2 Å². The van der Waals surface area contributed by atoms with Crippen molar-refractivity contribution in [3.63, 3.8) is 0 Å². The van der Waals surface area contributed by atoms with Crippen LogP contribution in [-0.2, 0) is 13.1 Å². The van der Waals surface area contributed by atoms with Crippen LogP contribution in [0.1, 0.15) is 5.89 Å². The van der Waals surface area contributed by atoms with Crippen LogP contribution in [0, 0.1) is 0 Å². The summed E-state index contributed by atoms with van der Waals surface area (Å²) >= 11 is 12.0. The summed E-state index contributed by atoms with van der Waals surface area (Å²) in [5.74, 6) is -0.00463. The topological polar surface area (TPSA) is 99.0 Å². The predicted octanol–water partition coefficient (Wildman–Crippen LogP) is 4.04. The third-order valence-corrected chi connectivity index (χ3v) is 5.20. The van der Waals surface area contributed by atoms with Crippen LogP contribution < -0.4 is 5.69 Å². The standard InChI is InChI=1S/C20H14Cl2F3N5O3/c21-12-7-5-11(6-8-12)17-28-30(19(32)29(17)9-15(31)20(23,24)25)10-16-26-27-18(33-16)13-3-1-2-4-14(13)22/h1-8,15,31H,9-10H2/t15-/m0/s1. The van der Waals surface area contributed by atoms with Crippen molar-refractivity contribution in [2.24, 2.45) is 0 Å². The number of rotatable bonds is 6. The first-order chi connectivity index (χ1) is 15.6. The molecule has 0 fully saturated rings. The summed E-state index contributed by atoms with van der Waals surface area (Å²) < 4.78 is 46.0. The monoisotopic (exact) mass is 499 g/mol. The molecule has 0 bridgehead atoms. The molecular weight excluding hydrogens is 486 g/mol. The van der Waals surface area contributed by atoms with Gasteiger partial charge in [-0.3, -0.25) is 4.57 Å². The molecule has 1 atom stereocenters. The number of alkyl halides is 3. The lowest BCUT2D eigenvalue weighted by Gasteiger charge is -2.15. The Morgan fingerprint density at radius 2 is 1.76 bits per heavy atom. The number of aliphatic hydroxyl groups is 1. The molecule has 0 amide bonds. The molecule has 172 valence electrons. The van der Waals surface area contributed by atoms with Crippen LogP contribution in [0.5, 0.6) is 0 Å². The van der Waals surface area contributed by atoms with E-state index in [0.29, 0.717) is 21.2 Å². The summed E-state index contributed by atoms with van der Waals surface area (Å²) in [4.78, 5) is 12.9. The smallest absolute Gasteiger partial charge is 0.416 e. The molecule has 2 aromatic carbocycles. The van der Waals surface area contributed by atoms with Crippen molar-refractivity contribution in [2.75, 3.05) is 0 Å². The van der Waals surface area contributed by atoms with Gasteiger partial charge >= 0.3 is 11.9 Å². The third kappa shape index (κ3) is 4.95.